The van der Waals surface area contributed by atoms with Crippen LogP contribution in [0.4, 0.5) is 0 Å². The minimum atomic E-state index is 1.06. The smallest absolute Gasteiger partial charge is 0.0403 e. The molecule has 0 unspecified atom stereocenters. The standard InChI is InChI=1S/C14H15N/c1-2-6-14-10-9-13(11-15-14)12-7-4-3-5-8-12/h3-5,7-11H,2,6H2,1H3. The highest BCUT2D eigenvalue weighted by Gasteiger charge is 1.97. The summed E-state index contributed by atoms with van der Waals surface area (Å²) >= 11 is 0. The Morgan fingerprint density at radius 1 is 0.933 bits per heavy atom. The van der Waals surface area contributed by atoms with Gasteiger partial charge in [0, 0.05) is 17.5 Å². The number of hydrogen-bond donors (Lipinski definition) is 0. The van der Waals surface area contributed by atoms with Gasteiger partial charge in [0.2, 0.25) is 0 Å². The Morgan fingerprint density at radius 3 is 2.33 bits per heavy atom. The number of hydrogen-bond acceptors (Lipinski definition) is 1. The molecule has 0 amide bonds. The van der Waals surface area contributed by atoms with E-state index in [2.05, 4.69) is 48.3 Å². The van der Waals surface area contributed by atoms with Crippen LogP contribution in [0.5, 0.6) is 0 Å². The molecule has 0 aliphatic carbocycles. The molecule has 1 heterocycles. The van der Waals surface area contributed by atoms with Crippen molar-refractivity contribution < 1.29 is 0 Å². The molecule has 15 heavy (non-hydrogen) atoms. The Kier molecular flexibility index (Phi) is 3.13. The van der Waals surface area contributed by atoms with E-state index in [1.54, 1.807) is 0 Å². The van der Waals surface area contributed by atoms with E-state index in [-0.39, 0.29) is 0 Å². The first-order chi connectivity index (χ1) is 7.40. The number of aryl methyl sites for hydroxylation is 1. The molecule has 0 N–H and O–H groups in total. The van der Waals surface area contributed by atoms with Crippen molar-refractivity contribution in [3.05, 3.63) is 54.4 Å². The van der Waals surface area contributed by atoms with E-state index in [9.17, 15) is 0 Å². The zero-order valence-corrected chi connectivity index (χ0v) is 8.98. The zero-order valence-electron chi connectivity index (χ0n) is 8.98. The van der Waals surface area contributed by atoms with E-state index >= 15 is 0 Å². The lowest BCUT2D eigenvalue weighted by molar-refractivity contribution is 0.883. The molecule has 0 bridgehead atoms. The van der Waals surface area contributed by atoms with Crippen LogP contribution in [-0.4, -0.2) is 4.98 Å². The summed E-state index contributed by atoms with van der Waals surface area (Å²) in [5.41, 5.74) is 3.60. The van der Waals surface area contributed by atoms with E-state index in [0.29, 0.717) is 0 Å². The normalized spacial score (nSPS) is 10.2. The van der Waals surface area contributed by atoms with Crippen LogP contribution >= 0.6 is 0 Å². The lowest BCUT2D eigenvalue weighted by Gasteiger charge is -2.02. The van der Waals surface area contributed by atoms with Crippen molar-refractivity contribution in [1.29, 1.82) is 0 Å². The molecular weight excluding hydrogens is 182 g/mol. The first-order valence-electron chi connectivity index (χ1n) is 5.40. The molecule has 0 saturated carbocycles. The number of benzene rings is 1. The van der Waals surface area contributed by atoms with Gasteiger partial charge in [0.05, 0.1) is 0 Å². The molecule has 0 radical (unpaired) electrons. The van der Waals surface area contributed by atoms with Gasteiger partial charge in [-0.05, 0) is 18.1 Å². The van der Waals surface area contributed by atoms with Gasteiger partial charge in [0.1, 0.15) is 0 Å². The molecule has 0 aliphatic heterocycles. The van der Waals surface area contributed by atoms with Gasteiger partial charge in [-0.1, -0.05) is 49.7 Å². The topological polar surface area (TPSA) is 12.9 Å². The Morgan fingerprint density at radius 2 is 1.73 bits per heavy atom. The van der Waals surface area contributed by atoms with Crippen molar-refractivity contribution in [1.82, 2.24) is 4.98 Å². The molecule has 76 valence electrons. The Hall–Kier alpha value is -1.63. The lowest BCUT2D eigenvalue weighted by atomic mass is 10.1. The molecule has 1 nitrogen and oxygen atoms in total. The fraction of sp³-hybridized carbons (Fsp3) is 0.214. The summed E-state index contributed by atoms with van der Waals surface area (Å²) in [5.74, 6) is 0. The predicted octanol–water partition coefficient (Wildman–Crippen LogP) is 3.70. The van der Waals surface area contributed by atoms with E-state index in [4.69, 9.17) is 0 Å². The lowest BCUT2D eigenvalue weighted by Crippen LogP contribution is -1.88. The third-order valence-corrected chi connectivity index (χ3v) is 2.44. The highest BCUT2D eigenvalue weighted by Crippen LogP contribution is 2.17. The van der Waals surface area contributed by atoms with Crippen LogP contribution in [0.1, 0.15) is 19.0 Å². The maximum absolute atomic E-state index is 4.44. The van der Waals surface area contributed by atoms with Crippen LogP contribution in [0.15, 0.2) is 48.7 Å². The van der Waals surface area contributed by atoms with Gasteiger partial charge in [-0.25, -0.2) is 0 Å². The largest absolute Gasteiger partial charge is 0.261 e. The van der Waals surface area contributed by atoms with E-state index in [0.717, 1.165) is 12.8 Å². The molecule has 0 fully saturated rings. The second-order valence-corrected chi connectivity index (χ2v) is 3.65. The Labute approximate surface area is 90.8 Å². The maximum atomic E-state index is 4.44. The van der Waals surface area contributed by atoms with Gasteiger partial charge >= 0.3 is 0 Å². The quantitative estimate of drug-likeness (QED) is 0.731. The molecule has 0 saturated heterocycles. The molecular formula is C14H15N. The summed E-state index contributed by atoms with van der Waals surface area (Å²) in [6, 6.07) is 14.6. The van der Waals surface area contributed by atoms with Crippen molar-refractivity contribution in [3.8, 4) is 11.1 Å². The second kappa shape index (κ2) is 4.74. The molecule has 1 heteroatoms. The van der Waals surface area contributed by atoms with Crippen molar-refractivity contribution in [3.63, 3.8) is 0 Å². The van der Waals surface area contributed by atoms with Gasteiger partial charge < -0.3 is 0 Å². The first kappa shape index (κ1) is 9.91. The number of rotatable bonds is 3. The third kappa shape index (κ3) is 2.44. The third-order valence-electron chi connectivity index (χ3n) is 2.44. The van der Waals surface area contributed by atoms with Gasteiger partial charge in [-0.2, -0.15) is 0 Å². The van der Waals surface area contributed by atoms with Crippen molar-refractivity contribution >= 4 is 0 Å². The number of nitrogens with zero attached hydrogens (tertiary/aromatic N) is 1. The molecule has 1 aromatic carbocycles. The summed E-state index contributed by atoms with van der Waals surface area (Å²) in [6.07, 6.45) is 4.17. The van der Waals surface area contributed by atoms with Crippen LogP contribution in [0.2, 0.25) is 0 Å². The minimum Gasteiger partial charge on any atom is -0.261 e. The predicted molar refractivity (Wildman–Crippen MR) is 63.7 cm³/mol. The monoisotopic (exact) mass is 197 g/mol. The molecule has 0 spiro atoms. The SMILES string of the molecule is CCCc1ccc(-c2ccccc2)cn1. The molecule has 0 atom stereocenters. The van der Waals surface area contributed by atoms with Gasteiger partial charge in [-0.3, -0.25) is 4.98 Å². The maximum Gasteiger partial charge on any atom is 0.0403 e. The summed E-state index contributed by atoms with van der Waals surface area (Å²) in [5, 5.41) is 0. The summed E-state index contributed by atoms with van der Waals surface area (Å²) < 4.78 is 0. The second-order valence-electron chi connectivity index (χ2n) is 3.65. The molecule has 0 aliphatic rings. The summed E-state index contributed by atoms with van der Waals surface area (Å²) in [4.78, 5) is 4.44. The Bertz CT molecular complexity index is 403. The number of pyridine rings is 1. The van der Waals surface area contributed by atoms with Crippen LogP contribution in [0.25, 0.3) is 11.1 Å². The summed E-state index contributed by atoms with van der Waals surface area (Å²) in [7, 11) is 0. The Balaban J connectivity index is 2.24. The average Bonchev–Trinajstić information content (AvgIpc) is 2.32. The average molecular weight is 197 g/mol. The zero-order chi connectivity index (χ0) is 10.5. The molecule has 2 rings (SSSR count). The first-order valence-corrected chi connectivity index (χ1v) is 5.40. The minimum absolute atomic E-state index is 1.06. The van der Waals surface area contributed by atoms with Gasteiger partial charge in [-0.15, -0.1) is 0 Å². The van der Waals surface area contributed by atoms with Crippen LogP contribution in [-0.2, 0) is 6.42 Å². The van der Waals surface area contributed by atoms with Crippen LogP contribution in [0.3, 0.4) is 0 Å². The van der Waals surface area contributed by atoms with Crippen molar-refractivity contribution in [2.75, 3.05) is 0 Å². The van der Waals surface area contributed by atoms with Gasteiger partial charge in [0.15, 0.2) is 0 Å². The van der Waals surface area contributed by atoms with Crippen LogP contribution in [0, 0.1) is 0 Å². The highest BCUT2D eigenvalue weighted by atomic mass is 14.7. The number of aromatic nitrogens is 1. The van der Waals surface area contributed by atoms with Crippen LogP contribution < -0.4 is 0 Å². The molecule has 1 aromatic heterocycles. The van der Waals surface area contributed by atoms with Gasteiger partial charge in [0.25, 0.3) is 0 Å². The van der Waals surface area contributed by atoms with Crippen molar-refractivity contribution in [2.24, 2.45) is 0 Å². The van der Waals surface area contributed by atoms with E-state index in [1.165, 1.54) is 16.8 Å². The fourth-order valence-corrected chi connectivity index (χ4v) is 1.63. The summed E-state index contributed by atoms with van der Waals surface area (Å²) in [6.45, 7) is 2.17. The molecule has 2 aromatic rings. The highest BCUT2D eigenvalue weighted by molar-refractivity contribution is 5.62. The van der Waals surface area contributed by atoms with E-state index in [1.807, 2.05) is 12.3 Å². The van der Waals surface area contributed by atoms with Crippen molar-refractivity contribution in [2.45, 2.75) is 19.8 Å². The fourth-order valence-electron chi connectivity index (χ4n) is 1.63. The van der Waals surface area contributed by atoms with E-state index < -0.39 is 0 Å².